The molecule has 5 rings (SSSR count). The molecule has 0 N–H and O–H groups in total. The molecule has 0 radical (unpaired) electrons. The number of hydrogen-bond acceptors (Lipinski definition) is 7. The van der Waals surface area contributed by atoms with Crippen LogP contribution in [0.2, 0.25) is 0 Å². The van der Waals surface area contributed by atoms with Gasteiger partial charge in [0.2, 0.25) is 11.6 Å². The average molecular weight is 469 g/mol. The van der Waals surface area contributed by atoms with Crippen molar-refractivity contribution in [1.82, 2.24) is 4.68 Å². The van der Waals surface area contributed by atoms with E-state index in [2.05, 4.69) is 5.10 Å². The fourth-order valence-electron chi connectivity index (χ4n) is 4.01. The molecule has 1 aliphatic heterocycles. The number of nitro benzene ring substituents is 1. The molecule has 2 aromatic carbocycles. The topological polar surface area (TPSA) is 91.2 Å². The van der Waals surface area contributed by atoms with Gasteiger partial charge in [-0.25, -0.2) is 9.07 Å². The maximum atomic E-state index is 13.5. The Balaban J connectivity index is 1.60. The second kappa shape index (κ2) is 9.14. The van der Waals surface area contributed by atoms with E-state index in [-0.39, 0.29) is 29.9 Å². The SMILES string of the molecule is O=[N+]([O-])c1cc2c(cc1C=Nn1c(-c3ccc(F)cc3)csc1=NC1CCCCC1)OCO2. The molecule has 0 amide bonds. The van der Waals surface area contributed by atoms with Crippen molar-refractivity contribution in [3.05, 3.63) is 68.1 Å². The summed E-state index contributed by atoms with van der Waals surface area (Å²) >= 11 is 1.44. The van der Waals surface area contributed by atoms with Crippen LogP contribution in [0.5, 0.6) is 11.5 Å². The first-order valence-corrected chi connectivity index (χ1v) is 11.6. The third kappa shape index (κ3) is 4.51. The van der Waals surface area contributed by atoms with E-state index in [0.29, 0.717) is 16.3 Å². The summed E-state index contributed by atoms with van der Waals surface area (Å²) in [6.45, 7) is 0.0193. The quantitative estimate of drug-likeness (QED) is 0.296. The number of hydrogen-bond donors (Lipinski definition) is 0. The molecule has 33 heavy (non-hydrogen) atoms. The van der Waals surface area contributed by atoms with Crippen LogP contribution in [-0.4, -0.2) is 28.6 Å². The van der Waals surface area contributed by atoms with Gasteiger partial charge in [-0.15, -0.1) is 11.3 Å². The highest BCUT2D eigenvalue weighted by atomic mass is 32.1. The first kappa shape index (κ1) is 21.3. The van der Waals surface area contributed by atoms with Crippen LogP contribution < -0.4 is 14.3 Å². The van der Waals surface area contributed by atoms with E-state index in [1.165, 1.54) is 42.2 Å². The first-order chi connectivity index (χ1) is 16.1. The van der Waals surface area contributed by atoms with Gasteiger partial charge in [-0.3, -0.25) is 15.1 Å². The molecule has 0 unspecified atom stereocenters. The van der Waals surface area contributed by atoms with E-state index in [4.69, 9.17) is 14.5 Å². The molecule has 170 valence electrons. The summed E-state index contributed by atoms with van der Waals surface area (Å²) in [5.41, 5.74) is 1.66. The number of thiazole rings is 1. The number of halogens is 1. The van der Waals surface area contributed by atoms with Gasteiger partial charge in [-0.1, -0.05) is 19.3 Å². The predicted molar refractivity (Wildman–Crippen MR) is 122 cm³/mol. The number of nitrogens with zero attached hydrogens (tertiary/aromatic N) is 4. The normalized spacial score (nSPS) is 16.6. The summed E-state index contributed by atoms with van der Waals surface area (Å²) < 4.78 is 25.8. The summed E-state index contributed by atoms with van der Waals surface area (Å²) in [5.74, 6) is 0.442. The van der Waals surface area contributed by atoms with E-state index >= 15 is 0 Å². The van der Waals surface area contributed by atoms with Crippen molar-refractivity contribution < 1.29 is 18.8 Å². The Morgan fingerprint density at radius 1 is 1.12 bits per heavy atom. The van der Waals surface area contributed by atoms with Crippen LogP contribution >= 0.6 is 11.3 Å². The summed E-state index contributed by atoms with van der Waals surface area (Å²) in [6, 6.07) is 9.25. The van der Waals surface area contributed by atoms with Crippen molar-refractivity contribution >= 4 is 23.2 Å². The third-order valence-corrected chi connectivity index (χ3v) is 6.55. The number of ether oxygens (including phenoxy) is 2. The van der Waals surface area contributed by atoms with Crippen LogP contribution in [0, 0.1) is 15.9 Å². The first-order valence-electron chi connectivity index (χ1n) is 10.7. The highest BCUT2D eigenvalue weighted by molar-refractivity contribution is 7.07. The minimum absolute atomic E-state index is 0.0193. The van der Waals surface area contributed by atoms with Crippen molar-refractivity contribution in [3.8, 4) is 22.8 Å². The lowest BCUT2D eigenvalue weighted by molar-refractivity contribution is -0.385. The number of nitro groups is 1. The standard InChI is InChI=1S/C23H21FN4O4S/c24-17-8-6-15(7-9-17)20-13-33-23(26-18-4-2-1-3-5-18)27(20)25-12-16-10-21-22(32-14-31-21)11-19(16)28(29)30/h6-13,18H,1-5,14H2. The summed E-state index contributed by atoms with van der Waals surface area (Å²) in [4.78, 5) is 16.8. The van der Waals surface area contributed by atoms with Crippen LogP contribution in [0.4, 0.5) is 10.1 Å². The largest absolute Gasteiger partial charge is 0.454 e. The fraction of sp³-hybridized carbons (Fsp3) is 0.304. The second-order valence-corrected chi connectivity index (χ2v) is 8.75. The van der Waals surface area contributed by atoms with Crippen molar-refractivity contribution in [2.45, 2.75) is 38.1 Å². The van der Waals surface area contributed by atoms with E-state index in [9.17, 15) is 14.5 Å². The Bertz CT molecular complexity index is 1280. The van der Waals surface area contributed by atoms with Crippen LogP contribution in [0.3, 0.4) is 0 Å². The van der Waals surface area contributed by atoms with Crippen molar-refractivity contribution in [1.29, 1.82) is 0 Å². The van der Waals surface area contributed by atoms with Crippen LogP contribution in [0.15, 0.2) is 51.9 Å². The molecule has 1 saturated carbocycles. The summed E-state index contributed by atoms with van der Waals surface area (Å²) in [5, 5.41) is 18.1. The third-order valence-electron chi connectivity index (χ3n) is 5.72. The predicted octanol–water partition coefficient (Wildman–Crippen LogP) is 5.11. The molecular formula is C23H21FN4O4S. The number of rotatable bonds is 5. The minimum Gasteiger partial charge on any atom is -0.454 e. The Hall–Kier alpha value is -3.53. The summed E-state index contributed by atoms with van der Waals surface area (Å²) in [6.07, 6.45) is 7.01. The molecule has 0 atom stereocenters. The van der Waals surface area contributed by atoms with Gasteiger partial charge in [0.15, 0.2) is 11.5 Å². The molecule has 3 aromatic rings. The number of fused-ring (bicyclic) bond motifs is 1. The van der Waals surface area contributed by atoms with Crippen LogP contribution in [-0.2, 0) is 0 Å². The van der Waals surface area contributed by atoms with Gasteiger partial charge in [0.05, 0.1) is 34.5 Å². The molecule has 2 aliphatic rings. The fourth-order valence-corrected chi connectivity index (χ4v) is 4.92. The molecule has 1 fully saturated rings. The van der Waals surface area contributed by atoms with E-state index in [1.807, 2.05) is 5.38 Å². The lowest BCUT2D eigenvalue weighted by atomic mass is 9.96. The van der Waals surface area contributed by atoms with E-state index in [0.717, 1.165) is 36.9 Å². The second-order valence-electron chi connectivity index (χ2n) is 7.91. The maximum Gasteiger partial charge on any atom is 0.282 e. The zero-order valence-corrected chi connectivity index (χ0v) is 18.5. The lowest BCUT2D eigenvalue weighted by Crippen LogP contribution is -2.19. The van der Waals surface area contributed by atoms with E-state index in [1.54, 1.807) is 22.9 Å². The Morgan fingerprint density at radius 3 is 2.58 bits per heavy atom. The molecule has 0 saturated heterocycles. The number of aromatic nitrogens is 1. The van der Waals surface area contributed by atoms with Gasteiger partial charge in [-0.2, -0.15) is 5.10 Å². The molecule has 1 aliphatic carbocycles. The number of benzene rings is 2. The Morgan fingerprint density at radius 2 is 1.85 bits per heavy atom. The van der Waals surface area contributed by atoms with Crippen LogP contribution in [0.1, 0.15) is 37.7 Å². The molecule has 1 aromatic heterocycles. The lowest BCUT2D eigenvalue weighted by Gasteiger charge is -2.16. The smallest absolute Gasteiger partial charge is 0.282 e. The highest BCUT2D eigenvalue weighted by Crippen LogP contribution is 2.37. The van der Waals surface area contributed by atoms with E-state index < -0.39 is 4.92 Å². The minimum atomic E-state index is -0.476. The van der Waals surface area contributed by atoms with Crippen molar-refractivity contribution in [2.75, 3.05) is 6.79 Å². The molecule has 2 heterocycles. The van der Waals surface area contributed by atoms with Gasteiger partial charge in [0.25, 0.3) is 5.69 Å². The Labute approximate surface area is 192 Å². The van der Waals surface area contributed by atoms with Gasteiger partial charge < -0.3 is 9.47 Å². The van der Waals surface area contributed by atoms with Gasteiger partial charge >= 0.3 is 0 Å². The summed E-state index contributed by atoms with van der Waals surface area (Å²) in [7, 11) is 0. The van der Waals surface area contributed by atoms with Crippen molar-refractivity contribution in [3.63, 3.8) is 0 Å². The van der Waals surface area contributed by atoms with Crippen LogP contribution in [0.25, 0.3) is 11.3 Å². The molecular weight excluding hydrogens is 447 g/mol. The zero-order valence-electron chi connectivity index (χ0n) is 17.6. The molecule has 10 heteroatoms. The van der Waals surface area contributed by atoms with Gasteiger partial charge in [-0.05, 0) is 43.2 Å². The Kier molecular flexibility index (Phi) is 5.91. The maximum absolute atomic E-state index is 13.5. The zero-order chi connectivity index (χ0) is 22.8. The average Bonchev–Trinajstić information content (AvgIpc) is 3.44. The molecule has 8 nitrogen and oxygen atoms in total. The van der Waals surface area contributed by atoms with Gasteiger partial charge in [0.1, 0.15) is 5.82 Å². The molecule has 0 bridgehead atoms. The highest BCUT2D eigenvalue weighted by Gasteiger charge is 2.23. The van der Waals surface area contributed by atoms with Crippen molar-refractivity contribution in [2.24, 2.45) is 10.1 Å². The molecule has 0 spiro atoms. The monoisotopic (exact) mass is 468 g/mol. The van der Waals surface area contributed by atoms with Gasteiger partial charge in [0, 0.05) is 10.9 Å².